The molecule has 1 aromatic heterocycles. The summed E-state index contributed by atoms with van der Waals surface area (Å²) in [6.07, 6.45) is 4.72. The van der Waals surface area contributed by atoms with E-state index < -0.39 is 0 Å². The van der Waals surface area contributed by atoms with E-state index in [1.807, 2.05) is 59.4 Å². The molecule has 1 aliphatic heterocycles. The maximum absolute atomic E-state index is 12.3. The Bertz CT molecular complexity index is 905. The van der Waals surface area contributed by atoms with Crippen LogP contribution in [0.3, 0.4) is 0 Å². The number of nitrogens with zero attached hydrogens (tertiary/aromatic N) is 2. The predicted octanol–water partition coefficient (Wildman–Crippen LogP) is 3.97. The lowest BCUT2D eigenvalue weighted by molar-refractivity contribution is -0.121. The van der Waals surface area contributed by atoms with Crippen LogP contribution in [0, 0.1) is 5.92 Å². The van der Waals surface area contributed by atoms with Gasteiger partial charge in [-0.25, -0.2) is 4.68 Å². The quantitative estimate of drug-likeness (QED) is 0.619. The van der Waals surface area contributed by atoms with Gasteiger partial charge in [0.25, 0.3) is 0 Å². The van der Waals surface area contributed by atoms with Crippen molar-refractivity contribution in [2.75, 3.05) is 13.1 Å². The molecule has 0 aliphatic carbocycles. The molecule has 2 heterocycles. The Morgan fingerprint density at radius 3 is 2.52 bits per heavy atom. The van der Waals surface area contributed by atoms with E-state index in [1.54, 1.807) is 0 Å². The minimum Gasteiger partial charge on any atom is -0.352 e. The number of rotatable bonds is 7. The number of nitrogens with one attached hydrogen (secondary N) is 2. The molecule has 0 saturated carbocycles. The van der Waals surface area contributed by atoms with Gasteiger partial charge < -0.3 is 10.6 Å². The number of carbonyl (C=O) groups excluding carboxylic acids is 1. The first-order chi connectivity index (χ1) is 13.8. The summed E-state index contributed by atoms with van der Waals surface area (Å²) in [6.45, 7) is 2.60. The molecular weight excluding hydrogens is 384 g/mol. The SMILES string of the molecule is Cl.O=C(CCC1CCNC1)NCc1cn(-c2ccccc2)nc1-c1ccccc1. The van der Waals surface area contributed by atoms with Gasteiger partial charge in [-0.05, 0) is 44.0 Å². The Morgan fingerprint density at radius 1 is 1.10 bits per heavy atom. The van der Waals surface area contributed by atoms with Crippen LogP contribution < -0.4 is 10.6 Å². The molecule has 6 heteroatoms. The van der Waals surface area contributed by atoms with Crippen molar-refractivity contribution in [2.45, 2.75) is 25.8 Å². The standard InChI is InChI=1S/C23H26N4O.ClH/c28-22(12-11-18-13-14-24-15-18)25-16-20-17-27(21-9-5-2-6-10-21)26-23(20)19-7-3-1-4-8-19;/h1-10,17-18,24H,11-16H2,(H,25,28);1H. The number of hydrogen-bond donors (Lipinski definition) is 2. The molecule has 0 radical (unpaired) electrons. The fourth-order valence-electron chi connectivity index (χ4n) is 3.67. The van der Waals surface area contributed by atoms with Crippen LogP contribution in [-0.4, -0.2) is 28.8 Å². The van der Waals surface area contributed by atoms with E-state index in [4.69, 9.17) is 5.10 Å². The zero-order valence-electron chi connectivity index (χ0n) is 16.4. The fraction of sp³-hybridized carbons (Fsp3) is 0.304. The van der Waals surface area contributed by atoms with Gasteiger partial charge in [0.15, 0.2) is 0 Å². The first kappa shape index (κ1) is 21.1. The monoisotopic (exact) mass is 410 g/mol. The van der Waals surface area contributed by atoms with Crippen LogP contribution in [0.5, 0.6) is 0 Å². The maximum Gasteiger partial charge on any atom is 0.220 e. The highest BCUT2D eigenvalue weighted by molar-refractivity contribution is 5.85. The lowest BCUT2D eigenvalue weighted by Gasteiger charge is -2.09. The van der Waals surface area contributed by atoms with Crippen molar-refractivity contribution in [3.05, 3.63) is 72.4 Å². The highest BCUT2D eigenvalue weighted by atomic mass is 35.5. The van der Waals surface area contributed by atoms with Crippen LogP contribution in [0.2, 0.25) is 0 Å². The third-order valence-corrected chi connectivity index (χ3v) is 5.28. The third kappa shape index (κ3) is 5.46. The lowest BCUT2D eigenvalue weighted by Crippen LogP contribution is -2.23. The van der Waals surface area contributed by atoms with Crippen molar-refractivity contribution in [3.63, 3.8) is 0 Å². The lowest BCUT2D eigenvalue weighted by atomic mass is 10.0. The number of carbonyl (C=O) groups is 1. The summed E-state index contributed by atoms with van der Waals surface area (Å²) in [5.41, 5.74) is 3.99. The average molecular weight is 411 g/mol. The van der Waals surface area contributed by atoms with E-state index in [2.05, 4.69) is 22.8 Å². The molecule has 2 aromatic carbocycles. The van der Waals surface area contributed by atoms with Crippen LogP contribution >= 0.6 is 12.4 Å². The number of benzene rings is 2. The molecule has 2 N–H and O–H groups in total. The second kappa shape index (κ2) is 10.2. The van der Waals surface area contributed by atoms with Gasteiger partial charge in [-0.15, -0.1) is 12.4 Å². The van der Waals surface area contributed by atoms with Gasteiger partial charge in [0.05, 0.1) is 11.4 Å². The largest absolute Gasteiger partial charge is 0.352 e. The van der Waals surface area contributed by atoms with Crippen molar-refractivity contribution in [1.29, 1.82) is 0 Å². The second-order valence-electron chi connectivity index (χ2n) is 7.32. The molecule has 3 aromatic rings. The zero-order valence-corrected chi connectivity index (χ0v) is 17.2. The number of aromatic nitrogens is 2. The molecule has 29 heavy (non-hydrogen) atoms. The van der Waals surface area contributed by atoms with Gasteiger partial charge >= 0.3 is 0 Å². The van der Waals surface area contributed by atoms with Crippen molar-refractivity contribution in [1.82, 2.24) is 20.4 Å². The summed E-state index contributed by atoms with van der Waals surface area (Å²) in [6, 6.07) is 20.2. The molecule has 1 atom stereocenters. The topological polar surface area (TPSA) is 59.0 Å². The van der Waals surface area contributed by atoms with E-state index in [-0.39, 0.29) is 18.3 Å². The normalized spacial score (nSPS) is 15.7. The van der Waals surface area contributed by atoms with E-state index in [0.717, 1.165) is 42.0 Å². The van der Waals surface area contributed by atoms with Crippen molar-refractivity contribution < 1.29 is 4.79 Å². The van der Waals surface area contributed by atoms with Crippen molar-refractivity contribution in [2.24, 2.45) is 5.92 Å². The maximum atomic E-state index is 12.3. The molecule has 0 bridgehead atoms. The molecule has 1 amide bonds. The molecule has 5 nitrogen and oxygen atoms in total. The highest BCUT2D eigenvalue weighted by Crippen LogP contribution is 2.23. The number of para-hydroxylation sites is 1. The molecule has 1 unspecified atom stereocenters. The minimum absolute atomic E-state index is 0. The first-order valence-electron chi connectivity index (χ1n) is 9.96. The number of amides is 1. The van der Waals surface area contributed by atoms with Crippen LogP contribution in [0.15, 0.2) is 66.9 Å². The Kier molecular flexibility index (Phi) is 7.44. The summed E-state index contributed by atoms with van der Waals surface area (Å²) in [7, 11) is 0. The third-order valence-electron chi connectivity index (χ3n) is 5.28. The molecule has 1 aliphatic rings. The number of halogens is 1. The second-order valence-corrected chi connectivity index (χ2v) is 7.32. The summed E-state index contributed by atoms with van der Waals surface area (Å²) < 4.78 is 1.88. The summed E-state index contributed by atoms with van der Waals surface area (Å²) in [4.78, 5) is 12.3. The highest BCUT2D eigenvalue weighted by Gasteiger charge is 2.17. The smallest absolute Gasteiger partial charge is 0.220 e. The Morgan fingerprint density at radius 2 is 1.83 bits per heavy atom. The molecule has 152 valence electrons. The van der Waals surface area contributed by atoms with E-state index >= 15 is 0 Å². The van der Waals surface area contributed by atoms with E-state index in [0.29, 0.717) is 18.9 Å². The van der Waals surface area contributed by atoms with Gasteiger partial charge in [-0.3, -0.25) is 4.79 Å². The van der Waals surface area contributed by atoms with Gasteiger partial charge in [0, 0.05) is 30.3 Å². The van der Waals surface area contributed by atoms with Gasteiger partial charge in [0.1, 0.15) is 0 Å². The Labute approximate surface area is 177 Å². The molecule has 4 rings (SSSR count). The predicted molar refractivity (Wildman–Crippen MR) is 118 cm³/mol. The molecular formula is C23H27ClN4O. The summed E-state index contributed by atoms with van der Waals surface area (Å²) >= 11 is 0. The Hall–Kier alpha value is -2.63. The van der Waals surface area contributed by atoms with Crippen LogP contribution in [0.1, 0.15) is 24.8 Å². The fourth-order valence-corrected chi connectivity index (χ4v) is 3.67. The van der Waals surface area contributed by atoms with Gasteiger partial charge in [-0.2, -0.15) is 5.10 Å². The molecule has 1 fully saturated rings. The number of hydrogen-bond acceptors (Lipinski definition) is 3. The zero-order chi connectivity index (χ0) is 19.2. The van der Waals surface area contributed by atoms with Gasteiger partial charge in [0.2, 0.25) is 5.91 Å². The molecule has 0 spiro atoms. The van der Waals surface area contributed by atoms with Crippen LogP contribution in [0.4, 0.5) is 0 Å². The van der Waals surface area contributed by atoms with Crippen LogP contribution in [0.25, 0.3) is 16.9 Å². The Balaban J connectivity index is 0.00000240. The minimum atomic E-state index is 0. The van der Waals surface area contributed by atoms with Crippen LogP contribution in [-0.2, 0) is 11.3 Å². The van der Waals surface area contributed by atoms with E-state index in [9.17, 15) is 4.79 Å². The average Bonchev–Trinajstić information content (AvgIpc) is 3.42. The van der Waals surface area contributed by atoms with E-state index in [1.165, 1.54) is 6.42 Å². The molecule has 1 saturated heterocycles. The summed E-state index contributed by atoms with van der Waals surface area (Å²) in [5.74, 6) is 0.741. The van der Waals surface area contributed by atoms with Gasteiger partial charge in [-0.1, -0.05) is 48.5 Å². The van der Waals surface area contributed by atoms with Crippen molar-refractivity contribution in [3.8, 4) is 16.9 Å². The summed E-state index contributed by atoms with van der Waals surface area (Å²) in [5, 5.41) is 11.2. The van der Waals surface area contributed by atoms with Crippen molar-refractivity contribution >= 4 is 18.3 Å². The first-order valence-corrected chi connectivity index (χ1v) is 9.96.